The highest BCUT2D eigenvalue weighted by Crippen LogP contribution is 2.47. The molecule has 1 saturated carbocycles. The molecule has 1 aromatic carbocycles. The second-order valence-electron chi connectivity index (χ2n) is 7.09. The van der Waals surface area contributed by atoms with Gasteiger partial charge in [0.1, 0.15) is 11.4 Å². The second kappa shape index (κ2) is 6.32. The van der Waals surface area contributed by atoms with Gasteiger partial charge in [-0.3, -0.25) is 10.1 Å². The lowest BCUT2D eigenvalue weighted by Gasteiger charge is -2.43. The molecule has 0 radical (unpaired) electrons. The summed E-state index contributed by atoms with van der Waals surface area (Å²) < 4.78 is 10.4. The topological polar surface area (TPSA) is 111 Å². The molecular formula is C17H24N2O5. The van der Waals surface area contributed by atoms with E-state index >= 15 is 0 Å². The van der Waals surface area contributed by atoms with Crippen LogP contribution < -0.4 is 15.8 Å². The van der Waals surface area contributed by atoms with Gasteiger partial charge in [0.25, 0.3) is 0 Å². The Bertz CT molecular complexity index is 645. The maximum absolute atomic E-state index is 12.1. The van der Waals surface area contributed by atoms with Crippen molar-refractivity contribution in [3.63, 3.8) is 0 Å². The molecule has 0 atom stereocenters. The molecular weight excluding hydrogens is 312 g/mol. The molecule has 0 unspecified atom stereocenters. The zero-order chi connectivity index (χ0) is 18.1. The molecule has 1 fully saturated rings. The van der Waals surface area contributed by atoms with Gasteiger partial charge >= 0.3 is 12.1 Å². The van der Waals surface area contributed by atoms with Crippen LogP contribution >= 0.6 is 0 Å². The van der Waals surface area contributed by atoms with Crippen molar-refractivity contribution < 1.29 is 24.2 Å². The Morgan fingerprint density at radius 1 is 1.33 bits per heavy atom. The van der Waals surface area contributed by atoms with Crippen LogP contribution in [0.25, 0.3) is 0 Å². The molecule has 0 bridgehead atoms. The van der Waals surface area contributed by atoms with Crippen molar-refractivity contribution in [1.29, 1.82) is 0 Å². The Morgan fingerprint density at radius 2 is 1.96 bits per heavy atom. The number of aliphatic carboxylic acids is 1. The van der Waals surface area contributed by atoms with Crippen molar-refractivity contribution in [3.8, 4) is 5.75 Å². The fourth-order valence-corrected chi connectivity index (χ4v) is 2.93. The molecule has 2 rings (SSSR count). The van der Waals surface area contributed by atoms with E-state index in [0.29, 0.717) is 29.8 Å². The Kier molecular flexibility index (Phi) is 4.75. The lowest BCUT2D eigenvalue weighted by molar-refractivity contribution is -0.148. The minimum Gasteiger partial charge on any atom is -0.497 e. The average Bonchev–Trinajstić information content (AvgIpc) is 2.41. The molecule has 0 aliphatic heterocycles. The number of hydrogen-bond donors (Lipinski definition) is 3. The summed E-state index contributed by atoms with van der Waals surface area (Å²) in [6.45, 7) is 5.26. The predicted molar refractivity (Wildman–Crippen MR) is 89.4 cm³/mol. The third-order valence-corrected chi connectivity index (χ3v) is 4.01. The first-order chi connectivity index (χ1) is 11.1. The van der Waals surface area contributed by atoms with E-state index in [4.69, 9.17) is 15.2 Å². The summed E-state index contributed by atoms with van der Waals surface area (Å²) in [5.74, 6) is -0.449. The van der Waals surface area contributed by atoms with E-state index in [9.17, 15) is 14.7 Å². The summed E-state index contributed by atoms with van der Waals surface area (Å²) >= 11 is 0. The number of amides is 1. The molecule has 0 spiro atoms. The lowest BCUT2D eigenvalue weighted by Crippen LogP contribution is -2.54. The number of nitrogens with one attached hydrogen (secondary N) is 1. The fourth-order valence-electron chi connectivity index (χ4n) is 2.93. The largest absolute Gasteiger partial charge is 0.497 e. The minimum atomic E-state index is -1.10. The second-order valence-corrected chi connectivity index (χ2v) is 7.09. The van der Waals surface area contributed by atoms with Crippen LogP contribution in [-0.4, -0.2) is 35.9 Å². The quantitative estimate of drug-likeness (QED) is 0.779. The summed E-state index contributed by atoms with van der Waals surface area (Å²) in [4.78, 5) is 23.9. The van der Waals surface area contributed by atoms with Gasteiger partial charge in [-0.25, -0.2) is 4.79 Å². The van der Waals surface area contributed by atoms with E-state index in [1.54, 1.807) is 39.0 Å². The zero-order valence-corrected chi connectivity index (χ0v) is 14.4. The molecule has 7 heteroatoms. The van der Waals surface area contributed by atoms with Crippen LogP contribution in [0.4, 0.5) is 10.5 Å². The standard InChI is InChI=1S/C17H24N2O5/c1-16(2,3)24-15(22)19-13-7-11(23-4)5-6-12(13)17(14(20)21)8-10(18)9-17/h5-7,10H,8-9,18H2,1-4H3,(H,19,22)(H,20,21). The van der Waals surface area contributed by atoms with Crippen LogP contribution in [0.5, 0.6) is 5.75 Å². The van der Waals surface area contributed by atoms with E-state index < -0.39 is 23.1 Å². The number of carboxylic acid groups (broad SMARTS) is 1. The molecule has 7 nitrogen and oxygen atoms in total. The van der Waals surface area contributed by atoms with Gasteiger partial charge in [-0.2, -0.15) is 0 Å². The number of anilines is 1. The third kappa shape index (κ3) is 3.62. The van der Waals surface area contributed by atoms with Crippen LogP contribution in [0.15, 0.2) is 18.2 Å². The van der Waals surface area contributed by atoms with Gasteiger partial charge in [-0.05, 0) is 45.2 Å². The first-order valence-electron chi connectivity index (χ1n) is 7.75. The molecule has 0 aromatic heterocycles. The van der Waals surface area contributed by atoms with Crippen molar-refractivity contribution in [1.82, 2.24) is 0 Å². The first-order valence-corrected chi connectivity index (χ1v) is 7.75. The monoisotopic (exact) mass is 336 g/mol. The van der Waals surface area contributed by atoms with Crippen molar-refractivity contribution in [2.45, 2.75) is 50.7 Å². The van der Waals surface area contributed by atoms with Crippen LogP contribution in [-0.2, 0) is 14.9 Å². The number of ether oxygens (including phenoxy) is 2. The van der Waals surface area contributed by atoms with Crippen LogP contribution in [0.2, 0.25) is 0 Å². The molecule has 1 aliphatic rings. The maximum atomic E-state index is 12.1. The van der Waals surface area contributed by atoms with Gasteiger partial charge in [0.2, 0.25) is 0 Å². The highest BCUT2D eigenvalue weighted by Gasteiger charge is 2.51. The molecule has 24 heavy (non-hydrogen) atoms. The van der Waals surface area contributed by atoms with Crippen molar-refractivity contribution >= 4 is 17.7 Å². The van der Waals surface area contributed by atoms with Gasteiger partial charge < -0.3 is 20.3 Å². The Balaban J connectivity index is 2.38. The molecule has 0 heterocycles. The zero-order valence-electron chi connectivity index (χ0n) is 14.4. The van der Waals surface area contributed by atoms with Crippen molar-refractivity contribution in [3.05, 3.63) is 23.8 Å². The maximum Gasteiger partial charge on any atom is 0.412 e. The Morgan fingerprint density at radius 3 is 2.42 bits per heavy atom. The number of rotatable bonds is 4. The van der Waals surface area contributed by atoms with E-state index in [1.807, 2.05) is 0 Å². The van der Waals surface area contributed by atoms with Gasteiger partial charge in [-0.1, -0.05) is 6.07 Å². The highest BCUT2D eigenvalue weighted by molar-refractivity contribution is 5.91. The minimum absolute atomic E-state index is 0.169. The van der Waals surface area contributed by atoms with Crippen LogP contribution in [0.3, 0.4) is 0 Å². The number of methoxy groups -OCH3 is 1. The van der Waals surface area contributed by atoms with Crippen LogP contribution in [0, 0.1) is 0 Å². The smallest absolute Gasteiger partial charge is 0.412 e. The van der Waals surface area contributed by atoms with Crippen molar-refractivity contribution in [2.75, 3.05) is 12.4 Å². The summed E-state index contributed by atoms with van der Waals surface area (Å²) in [5, 5.41) is 12.3. The number of benzene rings is 1. The summed E-state index contributed by atoms with van der Waals surface area (Å²) in [7, 11) is 1.50. The summed E-state index contributed by atoms with van der Waals surface area (Å²) in [6.07, 6.45) is -0.0175. The fraction of sp³-hybridized carbons (Fsp3) is 0.529. The van der Waals surface area contributed by atoms with E-state index in [0.717, 1.165) is 0 Å². The van der Waals surface area contributed by atoms with Crippen LogP contribution in [0.1, 0.15) is 39.2 Å². The number of carboxylic acids is 1. The number of carbonyl (C=O) groups excluding carboxylic acids is 1. The number of hydrogen-bond acceptors (Lipinski definition) is 5. The normalized spacial score (nSPS) is 23.1. The number of nitrogens with two attached hydrogens (primary N) is 1. The van der Waals surface area contributed by atoms with E-state index in [1.165, 1.54) is 7.11 Å². The van der Waals surface area contributed by atoms with E-state index in [2.05, 4.69) is 5.32 Å². The first kappa shape index (κ1) is 18.1. The highest BCUT2D eigenvalue weighted by atomic mass is 16.6. The SMILES string of the molecule is COc1ccc(C2(C(=O)O)CC(N)C2)c(NC(=O)OC(C)(C)C)c1. The third-order valence-electron chi connectivity index (χ3n) is 4.01. The summed E-state index contributed by atoms with van der Waals surface area (Å²) in [6, 6.07) is 4.75. The molecule has 1 amide bonds. The molecule has 0 saturated heterocycles. The van der Waals surface area contributed by atoms with Gasteiger partial charge in [-0.15, -0.1) is 0 Å². The molecule has 1 aromatic rings. The van der Waals surface area contributed by atoms with Gasteiger partial charge in [0, 0.05) is 12.1 Å². The Hall–Kier alpha value is -2.28. The van der Waals surface area contributed by atoms with Crippen molar-refractivity contribution in [2.24, 2.45) is 5.73 Å². The Labute approximate surface area is 141 Å². The molecule has 4 N–H and O–H groups in total. The molecule has 132 valence electrons. The van der Waals surface area contributed by atoms with Gasteiger partial charge in [0.15, 0.2) is 0 Å². The lowest BCUT2D eigenvalue weighted by atomic mass is 9.61. The van der Waals surface area contributed by atoms with E-state index in [-0.39, 0.29) is 6.04 Å². The average molecular weight is 336 g/mol. The molecule has 1 aliphatic carbocycles. The number of carbonyl (C=O) groups is 2. The summed E-state index contributed by atoms with van der Waals surface area (Å²) in [5.41, 5.74) is 4.92. The predicted octanol–water partition coefficient (Wildman–Crippen LogP) is 2.49. The van der Waals surface area contributed by atoms with Gasteiger partial charge in [0.05, 0.1) is 18.2 Å².